The zero-order chi connectivity index (χ0) is 13.8. The smallest absolute Gasteiger partial charge is 0.106 e. The lowest BCUT2D eigenvalue weighted by Gasteiger charge is -2.14. The van der Waals surface area contributed by atoms with Gasteiger partial charge in [-0.2, -0.15) is 0 Å². The summed E-state index contributed by atoms with van der Waals surface area (Å²) < 4.78 is 0. The van der Waals surface area contributed by atoms with Crippen LogP contribution in [0.25, 0.3) is 0 Å². The lowest BCUT2D eigenvalue weighted by Crippen LogP contribution is -2.14. The summed E-state index contributed by atoms with van der Waals surface area (Å²) in [5.41, 5.74) is 9.89. The summed E-state index contributed by atoms with van der Waals surface area (Å²) >= 11 is 10.9. The van der Waals surface area contributed by atoms with Crippen LogP contribution < -0.4 is 11.1 Å². The Hall–Kier alpha value is -1.58. The van der Waals surface area contributed by atoms with Crippen molar-refractivity contribution in [2.75, 3.05) is 5.32 Å². The van der Waals surface area contributed by atoms with Gasteiger partial charge in [0.05, 0.1) is 0 Å². The molecule has 19 heavy (non-hydrogen) atoms. The van der Waals surface area contributed by atoms with Gasteiger partial charge in [0.2, 0.25) is 0 Å². The summed E-state index contributed by atoms with van der Waals surface area (Å²) in [6.07, 6.45) is 0. The van der Waals surface area contributed by atoms with Gasteiger partial charge < -0.3 is 11.1 Å². The average Bonchev–Trinajstić information content (AvgIpc) is 2.39. The van der Waals surface area contributed by atoms with Crippen LogP contribution in [0, 0.1) is 6.92 Å². The van der Waals surface area contributed by atoms with Gasteiger partial charge in [-0.25, -0.2) is 0 Å². The second kappa shape index (κ2) is 6.04. The molecule has 0 aliphatic carbocycles. The highest BCUT2D eigenvalue weighted by Gasteiger charge is 2.07. The topological polar surface area (TPSA) is 38.0 Å². The number of para-hydroxylation sites is 1. The van der Waals surface area contributed by atoms with E-state index in [1.165, 1.54) is 0 Å². The van der Waals surface area contributed by atoms with Gasteiger partial charge in [-0.05, 0) is 36.2 Å². The molecule has 2 nitrogen and oxygen atoms in total. The first kappa shape index (κ1) is 13.8. The zero-order valence-corrected chi connectivity index (χ0v) is 12.2. The summed E-state index contributed by atoms with van der Waals surface area (Å²) in [6, 6.07) is 13.7. The van der Waals surface area contributed by atoms with Gasteiger partial charge >= 0.3 is 0 Å². The van der Waals surface area contributed by atoms with Crippen molar-refractivity contribution in [1.29, 1.82) is 0 Å². The number of hydrogen-bond donors (Lipinski definition) is 2. The Bertz CT molecular complexity index is 594. The van der Waals surface area contributed by atoms with Crippen LogP contribution in [0.3, 0.4) is 0 Å². The van der Waals surface area contributed by atoms with Crippen molar-refractivity contribution in [1.82, 2.24) is 0 Å². The predicted molar refractivity (Wildman–Crippen MR) is 85.8 cm³/mol. The van der Waals surface area contributed by atoms with Crippen molar-refractivity contribution in [2.24, 2.45) is 5.73 Å². The molecule has 0 unspecified atom stereocenters. The summed E-state index contributed by atoms with van der Waals surface area (Å²) in [4.78, 5) is 0.405. The fraction of sp³-hybridized carbons (Fsp3) is 0.133. The third-order valence-corrected chi connectivity index (χ3v) is 3.39. The molecule has 0 saturated heterocycles. The first-order valence-corrected chi connectivity index (χ1v) is 6.74. The van der Waals surface area contributed by atoms with E-state index in [4.69, 9.17) is 29.6 Å². The van der Waals surface area contributed by atoms with E-state index in [1.54, 1.807) is 0 Å². The Morgan fingerprint density at radius 2 is 1.89 bits per heavy atom. The van der Waals surface area contributed by atoms with Gasteiger partial charge in [0.15, 0.2) is 0 Å². The third kappa shape index (κ3) is 3.46. The van der Waals surface area contributed by atoms with Crippen LogP contribution in [-0.2, 0) is 6.54 Å². The Kier molecular flexibility index (Phi) is 4.40. The summed E-state index contributed by atoms with van der Waals surface area (Å²) in [7, 11) is 0. The minimum Gasteiger partial charge on any atom is -0.389 e. The number of thiocarbonyl (C=S) groups is 1. The Morgan fingerprint density at radius 1 is 1.21 bits per heavy atom. The second-order valence-electron chi connectivity index (χ2n) is 4.34. The molecular formula is C15H15ClN2S. The predicted octanol–water partition coefficient (Wildman–Crippen LogP) is 3.89. The highest BCUT2D eigenvalue weighted by molar-refractivity contribution is 7.80. The van der Waals surface area contributed by atoms with Gasteiger partial charge in [0.1, 0.15) is 4.99 Å². The molecule has 0 aliphatic heterocycles. The molecule has 4 heteroatoms. The highest BCUT2D eigenvalue weighted by Crippen LogP contribution is 2.21. The number of benzene rings is 2. The quantitative estimate of drug-likeness (QED) is 0.839. The summed E-state index contributed by atoms with van der Waals surface area (Å²) in [5.74, 6) is 0. The van der Waals surface area contributed by atoms with Crippen molar-refractivity contribution in [3.63, 3.8) is 0 Å². The number of hydrogen-bond acceptors (Lipinski definition) is 2. The molecule has 0 bridgehead atoms. The Labute approximate surface area is 123 Å². The average molecular weight is 291 g/mol. The SMILES string of the molecule is Cc1cccc(C(N)=S)c1NCc1ccc(Cl)cc1. The molecule has 2 rings (SSSR count). The van der Waals surface area contributed by atoms with E-state index >= 15 is 0 Å². The number of rotatable bonds is 4. The Morgan fingerprint density at radius 3 is 2.53 bits per heavy atom. The van der Waals surface area contributed by atoms with Gasteiger partial charge in [-0.1, -0.05) is 48.1 Å². The van der Waals surface area contributed by atoms with E-state index in [0.717, 1.165) is 27.4 Å². The molecule has 0 spiro atoms. The van der Waals surface area contributed by atoms with E-state index in [2.05, 4.69) is 5.32 Å². The molecule has 0 aliphatic rings. The van der Waals surface area contributed by atoms with Gasteiger partial charge in [0.25, 0.3) is 0 Å². The van der Waals surface area contributed by atoms with Crippen molar-refractivity contribution in [3.8, 4) is 0 Å². The van der Waals surface area contributed by atoms with Crippen LogP contribution >= 0.6 is 23.8 Å². The Balaban J connectivity index is 2.19. The molecular weight excluding hydrogens is 276 g/mol. The molecule has 0 heterocycles. The lowest BCUT2D eigenvalue weighted by molar-refractivity contribution is 1.14. The molecule has 3 N–H and O–H groups in total. The number of aryl methyl sites for hydroxylation is 1. The maximum atomic E-state index is 5.87. The minimum absolute atomic E-state index is 0.405. The first-order valence-electron chi connectivity index (χ1n) is 5.95. The lowest BCUT2D eigenvalue weighted by atomic mass is 10.1. The van der Waals surface area contributed by atoms with Crippen molar-refractivity contribution in [2.45, 2.75) is 13.5 Å². The van der Waals surface area contributed by atoms with Crippen LogP contribution in [0.4, 0.5) is 5.69 Å². The molecule has 0 radical (unpaired) electrons. The third-order valence-electron chi connectivity index (χ3n) is 2.92. The molecule has 0 amide bonds. The molecule has 0 aromatic heterocycles. The fourth-order valence-electron chi connectivity index (χ4n) is 1.90. The van der Waals surface area contributed by atoms with E-state index in [9.17, 15) is 0 Å². The van der Waals surface area contributed by atoms with Crippen LogP contribution in [0.15, 0.2) is 42.5 Å². The molecule has 0 atom stereocenters. The molecule has 98 valence electrons. The van der Waals surface area contributed by atoms with Crippen LogP contribution in [0.2, 0.25) is 5.02 Å². The van der Waals surface area contributed by atoms with E-state index < -0.39 is 0 Å². The van der Waals surface area contributed by atoms with Gasteiger partial charge in [-0.15, -0.1) is 0 Å². The highest BCUT2D eigenvalue weighted by atomic mass is 35.5. The summed E-state index contributed by atoms with van der Waals surface area (Å²) in [5, 5.41) is 4.13. The maximum absolute atomic E-state index is 5.87. The number of nitrogens with one attached hydrogen (secondary N) is 1. The standard InChI is InChI=1S/C15H15ClN2S/c1-10-3-2-4-13(15(17)19)14(10)18-9-11-5-7-12(16)8-6-11/h2-8,18H,9H2,1H3,(H2,17,19). The van der Waals surface area contributed by atoms with Crippen molar-refractivity contribution >= 4 is 34.5 Å². The molecule has 0 fully saturated rings. The van der Waals surface area contributed by atoms with Crippen molar-refractivity contribution < 1.29 is 0 Å². The second-order valence-corrected chi connectivity index (χ2v) is 5.22. The zero-order valence-electron chi connectivity index (χ0n) is 10.6. The number of nitrogens with two attached hydrogens (primary N) is 1. The van der Waals surface area contributed by atoms with E-state index in [0.29, 0.717) is 11.5 Å². The number of halogens is 1. The van der Waals surface area contributed by atoms with Crippen LogP contribution in [0.1, 0.15) is 16.7 Å². The van der Waals surface area contributed by atoms with E-state index in [1.807, 2.05) is 49.4 Å². The van der Waals surface area contributed by atoms with Crippen LogP contribution in [-0.4, -0.2) is 4.99 Å². The minimum atomic E-state index is 0.405. The van der Waals surface area contributed by atoms with Crippen molar-refractivity contribution in [3.05, 3.63) is 64.2 Å². The monoisotopic (exact) mass is 290 g/mol. The van der Waals surface area contributed by atoms with Gasteiger partial charge in [-0.3, -0.25) is 0 Å². The fourth-order valence-corrected chi connectivity index (χ4v) is 2.20. The molecule has 0 saturated carbocycles. The normalized spacial score (nSPS) is 10.2. The van der Waals surface area contributed by atoms with Gasteiger partial charge in [0, 0.05) is 22.8 Å². The van der Waals surface area contributed by atoms with Crippen LogP contribution in [0.5, 0.6) is 0 Å². The maximum Gasteiger partial charge on any atom is 0.106 e. The first-order chi connectivity index (χ1) is 9.08. The number of anilines is 1. The van der Waals surface area contributed by atoms with E-state index in [-0.39, 0.29) is 0 Å². The largest absolute Gasteiger partial charge is 0.389 e. The summed E-state index contributed by atoms with van der Waals surface area (Å²) in [6.45, 7) is 2.74. The molecule has 2 aromatic rings. The molecule has 2 aromatic carbocycles.